The summed E-state index contributed by atoms with van der Waals surface area (Å²) in [4.78, 5) is 11.4. The molecule has 1 rings (SSSR count). The van der Waals surface area contributed by atoms with Crippen molar-refractivity contribution in [2.45, 2.75) is 45.1 Å². The third-order valence-corrected chi connectivity index (χ3v) is 3.79. The molecule has 0 aromatic carbocycles. The number of amides is 1. The van der Waals surface area contributed by atoms with Crippen LogP contribution in [0.5, 0.6) is 0 Å². The van der Waals surface area contributed by atoms with E-state index in [9.17, 15) is 4.79 Å². The number of hydrogen-bond donors (Lipinski definition) is 1. The summed E-state index contributed by atoms with van der Waals surface area (Å²) in [5.41, 5.74) is 0. The molecule has 0 bridgehead atoms. The number of hydrogen-bond acceptors (Lipinski definition) is 2. The van der Waals surface area contributed by atoms with E-state index in [4.69, 9.17) is 4.74 Å². The summed E-state index contributed by atoms with van der Waals surface area (Å²) < 4.78 is 5.12. The number of carbonyl (C=O) groups excluding carboxylic acids is 1. The third kappa shape index (κ3) is 5.40. The van der Waals surface area contributed by atoms with Crippen molar-refractivity contribution in [1.82, 2.24) is 5.32 Å². The fourth-order valence-corrected chi connectivity index (χ4v) is 1.90. The summed E-state index contributed by atoms with van der Waals surface area (Å²) >= 11 is 3.35. The first kappa shape index (κ1) is 12.8. The number of nitrogens with one attached hydrogen (secondary N) is 1. The van der Waals surface area contributed by atoms with Gasteiger partial charge in [0.2, 0.25) is 0 Å². The van der Waals surface area contributed by atoms with Gasteiger partial charge in [-0.2, -0.15) is 0 Å². The van der Waals surface area contributed by atoms with Crippen LogP contribution in [0.1, 0.15) is 39.0 Å². The molecule has 1 unspecified atom stereocenters. The van der Waals surface area contributed by atoms with Crippen molar-refractivity contribution < 1.29 is 9.53 Å². The van der Waals surface area contributed by atoms with Crippen molar-refractivity contribution in [2.24, 2.45) is 5.92 Å². The van der Waals surface area contributed by atoms with Crippen LogP contribution in [0.25, 0.3) is 0 Å². The van der Waals surface area contributed by atoms with E-state index >= 15 is 0 Å². The minimum absolute atomic E-state index is 0.255. The summed E-state index contributed by atoms with van der Waals surface area (Å²) in [6.45, 7) is 2.53. The lowest BCUT2D eigenvalue weighted by molar-refractivity contribution is 0.128. The second kappa shape index (κ2) is 7.09. The number of alkyl halides is 1. The van der Waals surface area contributed by atoms with Crippen LogP contribution in [0.2, 0.25) is 0 Å². The molecule has 0 spiro atoms. The first-order valence-electron chi connectivity index (χ1n) is 5.71. The number of alkyl carbamates (subject to hydrolysis) is 1. The molecule has 4 heteroatoms. The summed E-state index contributed by atoms with van der Waals surface area (Å²) in [5.74, 6) is 0.377. The SMILES string of the molecule is CC(CBr)COC(=O)NC1CCCCC1. The van der Waals surface area contributed by atoms with Gasteiger partial charge in [-0.3, -0.25) is 0 Å². The number of carbonyl (C=O) groups is 1. The number of ether oxygens (including phenoxy) is 1. The van der Waals surface area contributed by atoms with Crippen molar-refractivity contribution in [3.05, 3.63) is 0 Å². The fourth-order valence-electron chi connectivity index (χ4n) is 1.72. The molecule has 15 heavy (non-hydrogen) atoms. The van der Waals surface area contributed by atoms with Gasteiger partial charge in [-0.25, -0.2) is 4.79 Å². The van der Waals surface area contributed by atoms with Crippen molar-refractivity contribution in [2.75, 3.05) is 11.9 Å². The van der Waals surface area contributed by atoms with Gasteiger partial charge < -0.3 is 10.1 Å². The second-order valence-corrected chi connectivity index (χ2v) is 4.98. The van der Waals surface area contributed by atoms with Crippen LogP contribution in [-0.2, 0) is 4.74 Å². The maximum Gasteiger partial charge on any atom is 0.407 e. The molecule has 1 N–H and O–H groups in total. The summed E-state index contributed by atoms with van der Waals surface area (Å²) in [6, 6.07) is 0.338. The Morgan fingerprint density at radius 2 is 2.13 bits per heavy atom. The Morgan fingerprint density at radius 3 is 2.73 bits per heavy atom. The predicted octanol–water partition coefficient (Wildman–Crippen LogP) is 3.08. The van der Waals surface area contributed by atoms with E-state index in [1.165, 1.54) is 19.3 Å². The van der Waals surface area contributed by atoms with Crippen molar-refractivity contribution in [3.8, 4) is 0 Å². The summed E-state index contributed by atoms with van der Waals surface area (Å²) in [5, 5.41) is 3.79. The van der Waals surface area contributed by atoms with E-state index in [2.05, 4.69) is 21.2 Å². The molecule has 88 valence electrons. The van der Waals surface area contributed by atoms with Gasteiger partial charge in [-0.15, -0.1) is 0 Å². The Labute approximate surface area is 100 Å². The molecule has 1 amide bonds. The van der Waals surface area contributed by atoms with Crippen LogP contribution in [-0.4, -0.2) is 24.1 Å². The molecule has 1 aliphatic rings. The Balaban J connectivity index is 2.11. The van der Waals surface area contributed by atoms with Crippen LogP contribution in [0.15, 0.2) is 0 Å². The van der Waals surface area contributed by atoms with Gasteiger partial charge in [0.05, 0.1) is 6.61 Å². The van der Waals surface area contributed by atoms with Crippen molar-refractivity contribution in [1.29, 1.82) is 0 Å². The molecule has 3 nitrogen and oxygen atoms in total. The van der Waals surface area contributed by atoms with Crippen LogP contribution < -0.4 is 5.32 Å². The first-order valence-corrected chi connectivity index (χ1v) is 6.83. The van der Waals surface area contributed by atoms with Crippen LogP contribution in [0.4, 0.5) is 4.79 Å². The van der Waals surface area contributed by atoms with Crippen molar-refractivity contribution >= 4 is 22.0 Å². The average molecular weight is 278 g/mol. The van der Waals surface area contributed by atoms with Crippen molar-refractivity contribution in [3.63, 3.8) is 0 Å². The van der Waals surface area contributed by atoms with E-state index < -0.39 is 0 Å². The van der Waals surface area contributed by atoms with E-state index in [0.29, 0.717) is 18.6 Å². The van der Waals surface area contributed by atoms with Crippen LogP contribution >= 0.6 is 15.9 Å². The molecule has 0 aliphatic heterocycles. The van der Waals surface area contributed by atoms with E-state index in [-0.39, 0.29) is 6.09 Å². The molecule has 0 saturated heterocycles. The Kier molecular flexibility index (Phi) is 6.06. The monoisotopic (exact) mass is 277 g/mol. The molecular weight excluding hydrogens is 258 g/mol. The van der Waals surface area contributed by atoms with Gasteiger partial charge in [0.1, 0.15) is 0 Å². The number of rotatable bonds is 4. The smallest absolute Gasteiger partial charge is 0.407 e. The lowest BCUT2D eigenvalue weighted by atomic mass is 9.96. The zero-order chi connectivity index (χ0) is 11.1. The highest BCUT2D eigenvalue weighted by Gasteiger charge is 2.16. The number of halogens is 1. The van der Waals surface area contributed by atoms with Gasteiger partial charge >= 0.3 is 6.09 Å². The molecule has 1 aliphatic carbocycles. The van der Waals surface area contributed by atoms with Gasteiger partial charge in [0.25, 0.3) is 0 Å². The van der Waals surface area contributed by atoms with Gasteiger partial charge in [-0.1, -0.05) is 42.1 Å². The molecule has 1 saturated carbocycles. The van der Waals surface area contributed by atoms with Crippen LogP contribution in [0.3, 0.4) is 0 Å². The maximum atomic E-state index is 11.4. The largest absolute Gasteiger partial charge is 0.449 e. The lowest BCUT2D eigenvalue weighted by Crippen LogP contribution is -2.37. The highest BCUT2D eigenvalue weighted by molar-refractivity contribution is 9.09. The lowest BCUT2D eigenvalue weighted by Gasteiger charge is -2.22. The molecular formula is C11H20BrNO2. The zero-order valence-electron chi connectivity index (χ0n) is 9.30. The quantitative estimate of drug-likeness (QED) is 0.802. The molecule has 0 heterocycles. The molecule has 0 aromatic heterocycles. The minimum atomic E-state index is -0.255. The highest BCUT2D eigenvalue weighted by Crippen LogP contribution is 2.17. The van der Waals surface area contributed by atoms with Gasteiger partial charge in [0.15, 0.2) is 0 Å². The second-order valence-electron chi connectivity index (χ2n) is 4.34. The van der Waals surface area contributed by atoms with E-state index in [1.54, 1.807) is 0 Å². The van der Waals surface area contributed by atoms with E-state index in [0.717, 1.165) is 18.2 Å². The van der Waals surface area contributed by atoms with Gasteiger partial charge in [-0.05, 0) is 12.8 Å². The topological polar surface area (TPSA) is 38.3 Å². The molecule has 0 radical (unpaired) electrons. The average Bonchev–Trinajstić information content (AvgIpc) is 2.27. The summed E-state index contributed by atoms with van der Waals surface area (Å²) in [7, 11) is 0. The maximum absolute atomic E-state index is 11.4. The van der Waals surface area contributed by atoms with E-state index in [1.807, 2.05) is 6.92 Å². The molecule has 1 atom stereocenters. The Hall–Kier alpha value is -0.250. The summed E-state index contributed by atoms with van der Waals surface area (Å²) in [6.07, 6.45) is 5.70. The third-order valence-electron chi connectivity index (χ3n) is 2.69. The minimum Gasteiger partial charge on any atom is -0.449 e. The fraction of sp³-hybridized carbons (Fsp3) is 0.909. The standard InChI is InChI=1S/C11H20BrNO2/c1-9(7-12)8-15-11(14)13-10-5-3-2-4-6-10/h9-10H,2-8H2,1H3,(H,13,14). The van der Waals surface area contributed by atoms with Gasteiger partial charge in [0, 0.05) is 17.3 Å². The first-order chi connectivity index (χ1) is 7.22. The Bertz CT molecular complexity index is 193. The predicted molar refractivity (Wildman–Crippen MR) is 64.3 cm³/mol. The Morgan fingerprint density at radius 1 is 1.47 bits per heavy atom. The molecule has 1 fully saturated rings. The zero-order valence-corrected chi connectivity index (χ0v) is 10.9. The molecule has 0 aromatic rings. The van der Waals surface area contributed by atoms with Crippen LogP contribution in [0, 0.1) is 5.92 Å². The normalized spacial score (nSPS) is 19.6. The highest BCUT2D eigenvalue weighted by atomic mass is 79.9.